The van der Waals surface area contributed by atoms with Crippen molar-refractivity contribution in [2.24, 2.45) is 5.92 Å². The van der Waals surface area contributed by atoms with E-state index in [9.17, 15) is 4.39 Å². The van der Waals surface area contributed by atoms with Gasteiger partial charge in [-0.1, -0.05) is 18.2 Å². The van der Waals surface area contributed by atoms with Crippen LogP contribution in [0.4, 0.5) is 10.1 Å². The zero-order chi connectivity index (χ0) is 17.1. The monoisotopic (exact) mass is 324 g/mol. The molecule has 0 spiro atoms. The van der Waals surface area contributed by atoms with E-state index in [1.54, 1.807) is 10.7 Å². The summed E-state index contributed by atoms with van der Waals surface area (Å²) in [6.45, 7) is 2.63. The number of rotatable bonds is 4. The quantitative estimate of drug-likeness (QED) is 0.865. The highest BCUT2D eigenvalue weighted by Gasteiger charge is 2.16. The summed E-state index contributed by atoms with van der Waals surface area (Å²) in [7, 11) is 0. The van der Waals surface area contributed by atoms with Gasteiger partial charge in [-0.15, -0.1) is 5.10 Å². The summed E-state index contributed by atoms with van der Waals surface area (Å²) in [4.78, 5) is 0. The normalized spacial score (nSPS) is 16.5. The van der Waals surface area contributed by atoms with Gasteiger partial charge in [0.15, 0.2) is 5.75 Å². The number of ether oxygens (including phenoxy) is 1. The number of aromatic nitrogens is 2. The van der Waals surface area contributed by atoms with Crippen LogP contribution in [0.25, 0.3) is 5.57 Å². The molecule has 1 aliphatic carbocycles. The molecule has 1 aliphatic rings. The van der Waals surface area contributed by atoms with Crippen molar-refractivity contribution >= 4 is 11.3 Å². The minimum atomic E-state index is -0.417. The number of allylic oxidation sites excluding steroid dienone is 4. The van der Waals surface area contributed by atoms with Crippen LogP contribution in [0.2, 0.25) is 0 Å². The topological polar surface area (TPSA) is 76.9 Å². The molecule has 1 atom stereocenters. The number of nitriles is 1. The highest BCUT2D eigenvalue weighted by atomic mass is 19.1. The van der Waals surface area contributed by atoms with Gasteiger partial charge in [-0.3, -0.25) is 4.68 Å². The first-order chi connectivity index (χ1) is 11.6. The van der Waals surface area contributed by atoms with Crippen LogP contribution in [-0.4, -0.2) is 9.78 Å². The van der Waals surface area contributed by atoms with E-state index in [-0.39, 0.29) is 11.6 Å². The van der Waals surface area contributed by atoms with Crippen LogP contribution in [0.3, 0.4) is 0 Å². The third-order valence-electron chi connectivity index (χ3n) is 3.77. The van der Waals surface area contributed by atoms with Crippen molar-refractivity contribution in [2.45, 2.75) is 19.9 Å². The van der Waals surface area contributed by atoms with Crippen LogP contribution >= 0.6 is 0 Å². The molecule has 1 aromatic carbocycles. The third-order valence-corrected chi connectivity index (χ3v) is 3.77. The Kier molecular flexibility index (Phi) is 4.34. The lowest BCUT2D eigenvalue weighted by molar-refractivity contribution is 0.450. The fraction of sp³-hybridized carbons (Fsp3) is 0.222. The number of hydrogen-bond acceptors (Lipinski definition) is 4. The van der Waals surface area contributed by atoms with E-state index in [0.29, 0.717) is 18.2 Å². The van der Waals surface area contributed by atoms with Gasteiger partial charge in [-0.25, -0.2) is 4.39 Å². The second-order valence-electron chi connectivity index (χ2n) is 5.46. The molecule has 0 fully saturated rings. The lowest BCUT2D eigenvalue weighted by Gasteiger charge is -2.11. The van der Waals surface area contributed by atoms with Gasteiger partial charge in [-0.05, 0) is 31.1 Å². The Morgan fingerprint density at radius 1 is 1.46 bits per heavy atom. The summed E-state index contributed by atoms with van der Waals surface area (Å²) in [6, 6.07) is 8.02. The van der Waals surface area contributed by atoms with E-state index in [4.69, 9.17) is 15.7 Å². The van der Waals surface area contributed by atoms with Crippen molar-refractivity contribution in [3.05, 3.63) is 54.0 Å². The smallest absolute Gasteiger partial charge is 0.238 e. The van der Waals surface area contributed by atoms with Gasteiger partial charge in [-0.2, -0.15) is 5.26 Å². The average molecular weight is 324 g/mol. The molecular formula is C18H17FN4O. The Morgan fingerprint density at radius 2 is 2.29 bits per heavy atom. The molecule has 24 heavy (non-hydrogen) atoms. The molecule has 0 amide bonds. The molecule has 0 radical (unpaired) electrons. The van der Waals surface area contributed by atoms with Crippen LogP contribution in [0, 0.1) is 23.1 Å². The highest BCUT2D eigenvalue weighted by molar-refractivity contribution is 5.74. The Labute approximate surface area is 139 Å². The van der Waals surface area contributed by atoms with Crippen LogP contribution in [0.5, 0.6) is 11.6 Å². The maximum atomic E-state index is 13.1. The SMILES string of the molecule is CCn1nc(Oc2ccc(F)cc2N)cc1C1=CC(C#N)CC=C1. The number of nitrogens with zero attached hydrogens (tertiary/aromatic N) is 3. The zero-order valence-electron chi connectivity index (χ0n) is 13.2. The maximum Gasteiger partial charge on any atom is 0.238 e. The number of nitrogens with two attached hydrogens (primary N) is 1. The number of aryl methyl sites for hydroxylation is 1. The standard InChI is InChI=1S/C18H17FN4O/c1-2-23-16(13-5-3-4-12(8-13)11-20)10-18(22-23)24-17-7-6-14(19)9-15(17)21/h3,5-10,12H,2,4,21H2,1H3. The molecule has 1 heterocycles. The van der Waals surface area contributed by atoms with Gasteiger partial charge >= 0.3 is 0 Å². The number of benzene rings is 1. The van der Waals surface area contributed by atoms with Gasteiger partial charge in [0.2, 0.25) is 5.88 Å². The second kappa shape index (κ2) is 6.59. The van der Waals surface area contributed by atoms with Crippen molar-refractivity contribution < 1.29 is 9.13 Å². The first-order valence-electron chi connectivity index (χ1n) is 7.69. The number of hydrogen-bond donors (Lipinski definition) is 1. The summed E-state index contributed by atoms with van der Waals surface area (Å²) < 4.78 is 20.6. The van der Waals surface area contributed by atoms with Crippen molar-refractivity contribution in [3.8, 4) is 17.7 Å². The number of nitrogen functional groups attached to an aromatic ring is 1. The molecule has 0 bridgehead atoms. The Morgan fingerprint density at radius 3 is 3.00 bits per heavy atom. The van der Waals surface area contributed by atoms with Gasteiger partial charge in [0.05, 0.1) is 23.4 Å². The van der Waals surface area contributed by atoms with E-state index in [1.165, 1.54) is 18.2 Å². The van der Waals surface area contributed by atoms with Crippen molar-refractivity contribution in [1.82, 2.24) is 9.78 Å². The molecule has 1 aromatic heterocycles. The van der Waals surface area contributed by atoms with Crippen molar-refractivity contribution in [1.29, 1.82) is 5.26 Å². The first-order valence-corrected chi connectivity index (χ1v) is 7.69. The van der Waals surface area contributed by atoms with Crippen LogP contribution in [-0.2, 0) is 6.54 Å². The van der Waals surface area contributed by atoms with Crippen molar-refractivity contribution in [2.75, 3.05) is 5.73 Å². The molecule has 0 saturated heterocycles. The van der Waals surface area contributed by atoms with Crippen molar-refractivity contribution in [3.63, 3.8) is 0 Å². The van der Waals surface area contributed by atoms with E-state index in [2.05, 4.69) is 11.2 Å². The third kappa shape index (κ3) is 3.15. The lowest BCUT2D eigenvalue weighted by atomic mass is 9.96. The average Bonchev–Trinajstić information content (AvgIpc) is 3.00. The molecular weight excluding hydrogens is 307 g/mol. The summed E-state index contributed by atoms with van der Waals surface area (Å²) in [5.41, 5.74) is 7.78. The van der Waals surface area contributed by atoms with Crippen LogP contribution < -0.4 is 10.5 Å². The van der Waals surface area contributed by atoms with E-state index in [1.807, 2.05) is 25.2 Å². The van der Waals surface area contributed by atoms with Gasteiger partial charge in [0.1, 0.15) is 5.82 Å². The molecule has 0 aliphatic heterocycles. The van der Waals surface area contributed by atoms with E-state index < -0.39 is 5.82 Å². The molecule has 122 valence electrons. The van der Waals surface area contributed by atoms with Gasteiger partial charge in [0, 0.05) is 18.7 Å². The largest absolute Gasteiger partial charge is 0.435 e. The molecule has 1 unspecified atom stereocenters. The molecule has 6 heteroatoms. The Balaban J connectivity index is 1.92. The van der Waals surface area contributed by atoms with E-state index in [0.717, 1.165) is 17.7 Å². The zero-order valence-corrected chi connectivity index (χ0v) is 13.2. The predicted octanol–water partition coefficient (Wildman–Crippen LogP) is 3.90. The minimum absolute atomic E-state index is 0.137. The summed E-state index contributed by atoms with van der Waals surface area (Å²) in [6.07, 6.45) is 6.61. The highest BCUT2D eigenvalue weighted by Crippen LogP contribution is 2.31. The Bertz CT molecular complexity index is 860. The summed E-state index contributed by atoms with van der Waals surface area (Å²) >= 11 is 0. The molecule has 5 nitrogen and oxygen atoms in total. The van der Waals surface area contributed by atoms with Gasteiger partial charge < -0.3 is 10.5 Å². The van der Waals surface area contributed by atoms with Gasteiger partial charge in [0.25, 0.3) is 0 Å². The van der Waals surface area contributed by atoms with Crippen LogP contribution in [0.1, 0.15) is 19.0 Å². The predicted molar refractivity (Wildman–Crippen MR) is 89.6 cm³/mol. The maximum absolute atomic E-state index is 13.1. The minimum Gasteiger partial charge on any atom is -0.435 e. The second-order valence-corrected chi connectivity index (χ2v) is 5.46. The Hall–Kier alpha value is -3.07. The lowest BCUT2D eigenvalue weighted by Crippen LogP contribution is -2.04. The number of anilines is 1. The summed E-state index contributed by atoms with van der Waals surface area (Å²) in [5.74, 6) is 0.173. The molecule has 2 aromatic rings. The fourth-order valence-corrected chi connectivity index (χ4v) is 2.58. The summed E-state index contributed by atoms with van der Waals surface area (Å²) in [5, 5.41) is 13.5. The number of halogens is 1. The first kappa shape index (κ1) is 15.8. The fourth-order valence-electron chi connectivity index (χ4n) is 2.58. The molecule has 0 saturated carbocycles. The molecule has 2 N–H and O–H groups in total. The molecule has 3 rings (SSSR count). The van der Waals surface area contributed by atoms with Crippen LogP contribution in [0.15, 0.2) is 42.5 Å². The van der Waals surface area contributed by atoms with E-state index >= 15 is 0 Å².